The summed E-state index contributed by atoms with van der Waals surface area (Å²) in [5.41, 5.74) is 0.374. The summed E-state index contributed by atoms with van der Waals surface area (Å²) in [5, 5.41) is 8.74. The molecule has 1 aliphatic rings. The largest absolute Gasteiger partial charge is 0.416 e. The third-order valence-electron chi connectivity index (χ3n) is 3.25. The molecule has 2 heterocycles. The molecule has 1 aromatic heterocycles. The molecule has 4 nitrogen and oxygen atoms in total. The average molecular weight is 329 g/mol. The summed E-state index contributed by atoms with van der Waals surface area (Å²) < 4.78 is 24.7. The molecule has 1 aliphatic heterocycles. The number of hydrogen-bond donors (Lipinski definition) is 0. The zero-order valence-corrected chi connectivity index (χ0v) is 12.8. The lowest BCUT2D eigenvalue weighted by Gasteiger charge is -2.05. The molecule has 3 rings (SSSR count). The quantitative estimate of drug-likeness (QED) is 0.783. The van der Waals surface area contributed by atoms with Crippen molar-refractivity contribution in [2.24, 2.45) is 0 Å². The Morgan fingerprint density at radius 2 is 2.29 bits per heavy atom. The fraction of sp³-hybridized carbons (Fsp3) is 0.429. The highest BCUT2D eigenvalue weighted by Crippen LogP contribution is 2.25. The van der Waals surface area contributed by atoms with E-state index in [0.717, 1.165) is 25.2 Å². The van der Waals surface area contributed by atoms with Gasteiger partial charge in [0, 0.05) is 22.9 Å². The molecule has 0 unspecified atom stereocenters. The first kappa shape index (κ1) is 14.8. The van der Waals surface area contributed by atoms with E-state index in [9.17, 15) is 4.39 Å². The fourth-order valence-electron chi connectivity index (χ4n) is 2.16. The number of halogens is 2. The zero-order valence-electron chi connectivity index (χ0n) is 11.2. The Kier molecular flexibility index (Phi) is 4.77. The van der Waals surface area contributed by atoms with Crippen molar-refractivity contribution in [3.63, 3.8) is 0 Å². The van der Waals surface area contributed by atoms with E-state index in [2.05, 4.69) is 10.2 Å². The maximum Gasteiger partial charge on any atom is 0.276 e. The van der Waals surface area contributed by atoms with Crippen LogP contribution < -0.4 is 0 Å². The summed E-state index contributed by atoms with van der Waals surface area (Å²) in [6.07, 6.45) is 2.62. The third-order valence-corrected chi connectivity index (χ3v) is 4.56. The minimum absolute atomic E-state index is 0.193. The van der Waals surface area contributed by atoms with Crippen LogP contribution in [0.25, 0.3) is 0 Å². The Bertz CT molecular complexity index is 597. The minimum Gasteiger partial charge on any atom is -0.416 e. The van der Waals surface area contributed by atoms with Gasteiger partial charge in [0.25, 0.3) is 5.22 Å². The van der Waals surface area contributed by atoms with Gasteiger partial charge in [0.05, 0.1) is 12.5 Å². The molecular formula is C14H14ClFN2O2S. The normalized spacial score (nSPS) is 18.3. The standard InChI is InChI=1S/C14H14ClFN2O2S/c15-11-4-1-5-12(16)10(11)7-13-17-18-14(20-13)21-8-9-3-2-6-19-9/h1,4-5,9H,2-3,6-8H2/t9-/m0/s1. The lowest BCUT2D eigenvalue weighted by atomic mass is 10.1. The maximum absolute atomic E-state index is 13.7. The molecule has 112 valence electrons. The lowest BCUT2D eigenvalue weighted by molar-refractivity contribution is 0.128. The zero-order chi connectivity index (χ0) is 14.7. The van der Waals surface area contributed by atoms with Gasteiger partial charge in [0.15, 0.2) is 0 Å². The number of benzene rings is 1. The van der Waals surface area contributed by atoms with Gasteiger partial charge in [-0.15, -0.1) is 10.2 Å². The van der Waals surface area contributed by atoms with E-state index in [-0.39, 0.29) is 18.3 Å². The highest BCUT2D eigenvalue weighted by Gasteiger charge is 2.18. The van der Waals surface area contributed by atoms with Crippen molar-refractivity contribution < 1.29 is 13.5 Å². The molecule has 1 fully saturated rings. The van der Waals surface area contributed by atoms with Crippen LogP contribution in [-0.2, 0) is 11.2 Å². The second-order valence-electron chi connectivity index (χ2n) is 4.78. The van der Waals surface area contributed by atoms with Crippen LogP contribution in [0, 0.1) is 5.82 Å². The third kappa shape index (κ3) is 3.75. The van der Waals surface area contributed by atoms with Crippen molar-refractivity contribution in [1.29, 1.82) is 0 Å². The van der Waals surface area contributed by atoms with E-state index in [4.69, 9.17) is 20.8 Å². The molecule has 0 aliphatic carbocycles. The maximum atomic E-state index is 13.7. The van der Waals surface area contributed by atoms with Crippen LogP contribution in [0.15, 0.2) is 27.8 Å². The number of hydrogen-bond acceptors (Lipinski definition) is 5. The molecule has 2 aromatic rings. The van der Waals surface area contributed by atoms with Crippen molar-refractivity contribution in [3.05, 3.63) is 40.5 Å². The van der Waals surface area contributed by atoms with Gasteiger partial charge in [-0.25, -0.2) is 4.39 Å². The van der Waals surface area contributed by atoms with Crippen LogP contribution in [-0.4, -0.2) is 28.7 Å². The van der Waals surface area contributed by atoms with Crippen molar-refractivity contribution >= 4 is 23.4 Å². The number of aromatic nitrogens is 2. The molecule has 0 spiro atoms. The number of thioether (sulfide) groups is 1. The molecule has 1 atom stereocenters. The Balaban J connectivity index is 1.62. The smallest absolute Gasteiger partial charge is 0.276 e. The van der Waals surface area contributed by atoms with Crippen molar-refractivity contribution in [2.75, 3.05) is 12.4 Å². The van der Waals surface area contributed by atoms with Crippen LogP contribution in [0.2, 0.25) is 5.02 Å². The molecule has 1 aromatic carbocycles. The van der Waals surface area contributed by atoms with E-state index in [1.807, 2.05) is 0 Å². The van der Waals surface area contributed by atoms with Crippen LogP contribution in [0.3, 0.4) is 0 Å². The van der Waals surface area contributed by atoms with Gasteiger partial charge in [0.1, 0.15) is 5.82 Å². The summed E-state index contributed by atoms with van der Waals surface area (Å²) in [7, 11) is 0. The van der Waals surface area contributed by atoms with Gasteiger partial charge in [-0.1, -0.05) is 29.4 Å². The summed E-state index contributed by atoms with van der Waals surface area (Å²) >= 11 is 7.45. The van der Waals surface area contributed by atoms with Gasteiger partial charge < -0.3 is 9.15 Å². The van der Waals surface area contributed by atoms with Gasteiger partial charge in [0.2, 0.25) is 5.89 Å². The predicted octanol–water partition coefficient (Wildman–Crippen LogP) is 3.72. The second-order valence-corrected chi connectivity index (χ2v) is 6.16. The SMILES string of the molecule is Fc1cccc(Cl)c1Cc1nnc(SC[C@@H]2CCCO2)o1. The minimum atomic E-state index is -0.366. The molecule has 0 N–H and O–H groups in total. The molecule has 0 amide bonds. The van der Waals surface area contributed by atoms with E-state index < -0.39 is 0 Å². The first-order chi connectivity index (χ1) is 10.2. The molecule has 1 saturated heterocycles. The molecular weight excluding hydrogens is 315 g/mol. The number of ether oxygens (including phenoxy) is 1. The summed E-state index contributed by atoms with van der Waals surface area (Å²) in [6, 6.07) is 4.58. The molecule has 0 bridgehead atoms. The Morgan fingerprint density at radius 1 is 1.38 bits per heavy atom. The van der Waals surface area contributed by atoms with Gasteiger partial charge in [-0.2, -0.15) is 0 Å². The monoisotopic (exact) mass is 328 g/mol. The summed E-state index contributed by atoms with van der Waals surface area (Å²) in [5.74, 6) is 0.785. The fourth-order valence-corrected chi connectivity index (χ4v) is 3.24. The van der Waals surface area contributed by atoms with Crippen LogP contribution in [0.4, 0.5) is 4.39 Å². The van der Waals surface area contributed by atoms with Gasteiger partial charge in [-0.05, 0) is 25.0 Å². The van der Waals surface area contributed by atoms with Crippen molar-refractivity contribution in [3.8, 4) is 0 Å². The predicted molar refractivity (Wildman–Crippen MR) is 78.2 cm³/mol. The summed E-state index contributed by atoms with van der Waals surface area (Å²) in [6.45, 7) is 0.825. The number of rotatable bonds is 5. The first-order valence-electron chi connectivity index (χ1n) is 6.72. The average Bonchev–Trinajstić information content (AvgIpc) is 3.12. The first-order valence-corrected chi connectivity index (χ1v) is 8.08. The van der Waals surface area contributed by atoms with Crippen molar-refractivity contribution in [2.45, 2.75) is 30.6 Å². The van der Waals surface area contributed by atoms with Crippen LogP contribution >= 0.6 is 23.4 Å². The Labute approximate surface area is 131 Å². The van der Waals surface area contributed by atoms with Gasteiger partial charge >= 0.3 is 0 Å². The molecule has 21 heavy (non-hydrogen) atoms. The van der Waals surface area contributed by atoms with Crippen LogP contribution in [0.5, 0.6) is 0 Å². The Morgan fingerprint density at radius 3 is 3.05 bits per heavy atom. The Hall–Kier alpha value is -1.11. The topological polar surface area (TPSA) is 48.2 Å². The second kappa shape index (κ2) is 6.77. The van der Waals surface area contributed by atoms with E-state index in [0.29, 0.717) is 21.7 Å². The molecule has 0 saturated carbocycles. The highest BCUT2D eigenvalue weighted by atomic mass is 35.5. The van der Waals surface area contributed by atoms with Crippen molar-refractivity contribution in [1.82, 2.24) is 10.2 Å². The summed E-state index contributed by atoms with van der Waals surface area (Å²) in [4.78, 5) is 0. The van der Waals surface area contributed by atoms with Gasteiger partial charge in [-0.3, -0.25) is 0 Å². The highest BCUT2D eigenvalue weighted by molar-refractivity contribution is 7.99. The van der Waals surface area contributed by atoms with E-state index in [1.165, 1.54) is 17.8 Å². The lowest BCUT2D eigenvalue weighted by Crippen LogP contribution is -2.07. The van der Waals surface area contributed by atoms with Crippen LogP contribution in [0.1, 0.15) is 24.3 Å². The van der Waals surface area contributed by atoms with E-state index in [1.54, 1.807) is 12.1 Å². The number of nitrogens with zero attached hydrogens (tertiary/aromatic N) is 2. The molecule has 7 heteroatoms. The molecule has 0 radical (unpaired) electrons. The van der Waals surface area contributed by atoms with E-state index >= 15 is 0 Å².